The highest BCUT2D eigenvalue weighted by atomic mass is 16.1. The van der Waals surface area contributed by atoms with Gasteiger partial charge in [0.2, 0.25) is 0 Å². The molecule has 0 amide bonds. The molecule has 90 valence electrons. The molecule has 2 aliphatic rings. The van der Waals surface area contributed by atoms with Crippen LogP contribution in [-0.4, -0.2) is 5.78 Å². The Morgan fingerprint density at radius 1 is 1.38 bits per heavy atom. The van der Waals surface area contributed by atoms with Crippen molar-refractivity contribution in [3.8, 4) is 0 Å². The molecule has 0 radical (unpaired) electrons. The quantitative estimate of drug-likeness (QED) is 0.516. The lowest BCUT2D eigenvalue weighted by Crippen LogP contribution is -2.32. The van der Waals surface area contributed by atoms with Crippen molar-refractivity contribution in [3.63, 3.8) is 0 Å². The molecule has 0 aliphatic heterocycles. The van der Waals surface area contributed by atoms with E-state index in [1.54, 1.807) is 0 Å². The second-order valence-electron chi connectivity index (χ2n) is 6.28. The van der Waals surface area contributed by atoms with Gasteiger partial charge in [0.25, 0.3) is 0 Å². The highest BCUT2D eigenvalue weighted by Gasteiger charge is 2.63. The minimum absolute atomic E-state index is 0.0737. The van der Waals surface area contributed by atoms with Gasteiger partial charge in [-0.05, 0) is 36.2 Å². The molecule has 2 atom stereocenters. The molecule has 0 aromatic carbocycles. The fraction of sp³-hybridized carbons (Fsp3) is 0.800. The van der Waals surface area contributed by atoms with E-state index in [9.17, 15) is 4.79 Å². The molecule has 2 rings (SSSR count). The molecule has 0 aromatic heterocycles. The van der Waals surface area contributed by atoms with Crippen LogP contribution >= 0.6 is 0 Å². The summed E-state index contributed by atoms with van der Waals surface area (Å²) in [5, 5.41) is 0. The highest BCUT2D eigenvalue weighted by Crippen LogP contribution is 2.65. The summed E-state index contributed by atoms with van der Waals surface area (Å²) in [4.78, 5) is 12.4. The molecule has 2 aliphatic carbocycles. The van der Waals surface area contributed by atoms with Crippen LogP contribution in [0.1, 0.15) is 59.8 Å². The zero-order valence-electron chi connectivity index (χ0n) is 11.1. The zero-order chi connectivity index (χ0) is 12.0. The van der Waals surface area contributed by atoms with Crippen LogP contribution in [0.25, 0.3) is 0 Å². The SMILES string of the molecule is CCCC/C=C1\C(=O)[C@]2(C)CC[C@@H]1C2(C)C. The minimum atomic E-state index is -0.0737. The largest absolute Gasteiger partial charge is 0.294 e. The first kappa shape index (κ1) is 11.9. The third-order valence-electron chi connectivity index (χ3n) is 5.29. The number of Topliss-reactive ketones (excluding diaryl/α,β-unsaturated/α-hetero) is 1. The number of hydrogen-bond donors (Lipinski definition) is 0. The Labute approximate surface area is 99.3 Å². The van der Waals surface area contributed by atoms with E-state index in [2.05, 4.69) is 33.8 Å². The lowest BCUT2D eigenvalue weighted by atomic mass is 9.70. The van der Waals surface area contributed by atoms with Crippen LogP contribution in [0.15, 0.2) is 11.6 Å². The Balaban J connectivity index is 2.26. The number of fused-ring (bicyclic) bond motifs is 2. The smallest absolute Gasteiger partial charge is 0.165 e. The number of ketones is 1. The van der Waals surface area contributed by atoms with Gasteiger partial charge in [-0.1, -0.05) is 46.6 Å². The van der Waals surface area contributed by atoms with E-state index in [4.69, 9.17) is 0 Å². The normalized spacial score (nSPS) is 38.6. The van der Waals surface area contributed by atoms with E-state index >= 15 is 0 Å². The molecule has 0 heterocycles. The van der Waals surface area contributed by atoms with Crippen LogP contribution in [0.2, 0.25) is 0 Å². The van der Waals surface area contributed by atoms with Crippen molar-refractivity contribution in [1.29, 1.82) is 0 Å². The maximum Gasteiger partial charge on any atom is 0.165 e. The maximum absolute atomic E-state index is 12.4. The topological polar surface area (TPSA) is 17.1 Å². The van der Waals surface area contributed by atoms with E-state index in [1.165, 1.54) is 19.3 Å². The lowest BCUT2D eigenvalue weighted by Gasteiger charge is -2.31. The summed E-state index contributed by atoms with van der Waals surface area (Å²) < 4.78 is 0. The number of rotatable bonds is 3. The Bertz CT molecular complexity index is 337. The third kappa shape index (κ3) is 1.33. The Hall–Kier alpha value is -0.590. The van der Waals surface area contributed by atoms with Crippen LogP contribution < -0.4 is 0 Å². The summed E-state index contributed by atoms with van der Waals surface area (Å²) in [5.74, 6) is 0.978. The van der Waals surface area contributed by atoms with Crippen molar-refractivity contribution in [3.05, 3.63) is 11.6 Å². The Morgan fingerprint density at radius 3 is 2.56 bits per heavy atom. The molecule has 2 saturated carbocycles. The second-order valence-corrected chi connectivity index (χ2v) is 6.28. The lowest BCUT2D eigenvalue weighted by molar-refractivity contribution is -0.125. The van der Waals surface area contributed by atoms with Gasteiger partial charge in [-0.3, -0.25) is 4.79 Å². The summed E-state index contributed by atoms with van der Waals surface area (Å²) in [6.45, 7) is 8.94. The highest BCUT2D eigenvalue weighted by molar-refractivity contribution is 6.04. The van der Waals surface area contributed by atoms with E-state index in [0.717, 1.165) is 18.4 Å². The molecule has 0 unspecified atom stereocenters. The van der Waals surface area contributed by atoms with Crippen molar-refractivity contribution in [2.75, 3.05) is 0 Å². The predicted molar refractivity (Wildman–Crippen MR) is 67.2 cm³/mol. The summed E-state index contributed by atoms with van der Waals surface area (Å²) in [6, 6.07) is 0. The van der Waals surface area contributed by atoms with E-state index in [0.29, 0.717) is 11.7 Å². The summed E-state index contributed by atoms with van der Waals surface area (Å²) in [5.41, 5.74) is 1.27. The maximum atomic E-state index is 12.4. The monoisotopic (exact) mass is 220 g/mol. The van der Waals surface area contributed by atoms with E-state index in [-0.39, 0.29) is 10.8 Å². The van der Waals surface area contributed by atoms with E-state index in [1.807, 2.05) is 0 Å². The van der Waals surface area contributed by atoms with Crippen molar-refractivity contribution >= 4 is 5.78 Å². The molecule has 1 nitrogen and oxygen atoms in total. The fourth-order valence-electron chi connectivity index (χ4n) is 3.62. The molecule has 16 heavy (non-hydrogen) atoms. The molecule has 0 N–H and O–H groups in total. The summed E-state index contributed by atoms with van der Waals surface area (Å²) >= 11 is 0. The number of unbranched alkanes of at least 4 members (excludes halogenated alkanes) is 2. The molecular weight excluding hydrogens is 196 g/mol. The van der Waals surface area contributed by atoms with E-state index < -0.39 is 0 Å². The minimum Gasteiger partial charge on any atom is -0.294 e. The van der Waals surface area contributed by atoms with Gasteiger partial charge in [-0.15, -0.1) is 0 Å². The predicted octanol–water partition coefficient (Wildman–Crippen LogP) is 4.13. The van der Waals surface area contributed by atoms with Gasteiger partial charge in [0.15, 0.2) is 5.78 Å². The third-order valence-corrected chi connectivity index (χ3v) is 5.29. The van der Waals surface area contributed by atoms with Crippen molar-refractivity contribution < 1.29 is 4.79 Å². The van der Waals surface area contributed by atoms with Crippen LogP contribution in [0.3, 0.4) is 0 Å². The number of allylic oxidation sites excluding steroid dienone is 2. The number of hydrogen-bond acceptors (Lipinski definition) is 1. The molecular formula is C15H24O. The molecule has 0 spiro atoms. The van der Waals surface area contributed by atoms with Gasteiger partial charge in [-0.2, -0.15) is 0 Å². The van der Waals surface area contributed by atoms with Crippen LogP contribution in [0, 0.1) is 16.7 Å². The Morgan fingerprint density at radius 2 is 2.06 bits per heavy atom. The summed E-state index contributed by atoms with van der Waals surface area (Å²) in [6.07, 6.45) is 8.05. The van der Waals surface area contributed by atoms with Gasteiger partial charge >= 0.3 is 0 Å². The number of carbonyl (C=O) groups excluding carboxylic acids is 1. The standard InChI is InChI=1S/C15H24O/c1-5-6-7-8-11-12-9-10-15(4,13(11)16)14(12,2)3/h8,12H,5-7,9-10H2,1-4H3/b11-8-/t12-,15-/m0/s1. The van der Waals surface area contributed by atoms with Gasteiger partial charge < -0.3 is 0 Å². The van der Waals surface area contributed by atoms with Crippen molar-refractivity contribution in [2.24, 2.45) is 16.7 Å². The van der Waals surface area contributed by atoms with Crippen LogP contribution in [-0.2, 0) is 4.79 Å². The molecule has 1 heteroatoms. The number of carbonyl (C=O) groups is 1. The Kier molecular flexibility index (Phi) is 2.76. The molecule has 0 saturated heterocycles. The summed E-state index contributed by atoms with van der Waals surface area (Å²) in [7, 11) is 0. The fourth-order valence-corrected chi connectivity index (χ4v) is 3.62. The zero-order valence-corrected chi connectivity index (χ0v) is 11.1. The van der Waals surface area contributed by atoms with Gasteiger partial charge in [0, 0.05) is 5.41 Å². The van der Waals surface area contributed by atoms with Gasteiger partial charge in [-0.25, -0.2) is 0 Å². The first-order valence-electron chi connectivity index (χ1n) is 6.70. The van der Waals surface area contributed by atoms with Gasteiger partial charge in [0.05, 0.1) is 0 Å². The molecule has 2 bridgehead atoms. The first-order valence-corrected chi connectivity index (χ1v) is 6.70. The van der Waals surface area contributed by atoms with Crippen molar-refractivity contribution in [1.82, 2.24) is 0 Å². The van der Waals surface area contributed by atoms with Crippen LogP contribution in [0.4, 0.5) is 0 Å². The average Bonchev–Trinajstić information content (AvgIpc) is 2.53. The van der Waals surface area contributed by atoms with Crippen LogP contribution in [0.5, 0.6) is 0 Å². The van der Waals surface area contributed by atoms with Crippen molar-refractivity contribution in [2.45, 2.75) is 59.8 Å². The second kappa shape index (κ2) is 3.72. The average molecular weight is 220 g/mol. The molecule has 2 fully saturated rings. The first-order chi connectivity index (χ1) is 7.45. The van der Waals surface area contributed by atoms with Gasteiger partial charge in [0.1, 0.15) is 0 Å². The molecule has 0 aromatic rings.